The molecule has 2 aliphatic heterocycles. The zero-order valence-corrected chi connectivity index (χ0v) is 17.5. The first-order chi connectivity index (χ1) is 13.7. The number of rotatable bonds is 7. The molecule has 2 N–H and O–H groups in total. The number of aromatic nitrogens is 1. The summed E-state index contributed by atoms with van der Waals surface area (Å²) in [6, 6.07) is -0.486. The van der Waals surface area contributed by atoms with Crippen molar-refractivity contribution in [1.82, 2.24) is 25.6 Å². The largest absolute Gasteiger partial charge is 0.444 e. The normalized spacial score (nSPS) is 17.8. The van der Waals surface area contributed by atoms with Gasteiger partial charge in [-0.3, -0.25) is 9.63 Å². The number of nitrogens with one attached hydrogen (secondary N) is 2. The van der Waals surface area contributed by atoms with Crippen LogP contribution in [0.3, 0.4) is 0 Å². The van der Waals surface area contributed by atoms with Gasteiger partial charge in [0.05, 0.1) is 30.3 Å². The van der Waals surface area contributed by atoms with E-state index in [9.17, 15) is 14.4 Å². The van der Waals surface area contributed by atoms with Crippen LogP contribution in [0.5, 0.6) is 0 Å². The van der Waals surface area contributed by atoms with Crippen LogP contribution in [0.4, 0.5) is 9.59 Å². The zero-order chi connectivity index (χ0) is 21.2. The van der Waals surface area contributed by atoms with E-state index in [1.54, 1.807) is 31.7 Å². The summed E-state index contributed by atoms with van der Waals surface area (Å²) in [5.41, 5.74) is 0.134. The molecule has 0 aromatic carbocycles. The number of nitrogens with zero attached hydrogens (tertiary/aromatic N) is 3. The van der Waals surface area contributed by atoms with Gasteiger partial charge in [0, 0.05) is 13.1 Å². The number of hydroxylamine groups is 2. The Bertz CT molecular complexity index is 818. The first kappa shape index (κ1) is 21.1. The van der Waals surface area contributed by atoms with Crippen LogP contribution in [0.25, 0.3) is 0 Å². The standard InChI is InChI=1S/C18H25N5O5S/c1-5-8-27-23-12-10-22(17(23)26)9-11-13(12)29-15(21-11)14(24)19-6-7-20-16(25)28-18(2,3)4/h5,12H,1,6-10H2,2-4H3,(H,19,24)(H,20,25). The van der Waals surface area contributed by atoms with Crippen molar-refractivity contribution in [3.63, 3.8) is 0 Å². The Labute approximate surface area is 172 Å². The highest BCUT2D eigenvalue weighted by Crippen LogP contribution is 2.40. The molecule has 10 nitrogen and oxygen atoms in total. The Morgan fingerprint density at radius 2 is 2.07 bits per heavy atom. The number of thiazole rings is 1. The van der Waals surface area contributed by atoms with Crippen molar-refractivity contribution in [3.8, 4) is 0 Å². The fraction of sp³-hybridized carbons (Fsp3) is 0.556. The van der Waals surface area contributed by atoms with Crippen molar-refractivity contribution >= 4 is 29.4 Å². The number of hydrogen-bond donors (Lipinski definition) is 2. The van der Waals surface area contributed by atoms with Crippen LogP contribution < -0.4 is 10.6 Å². The molecule has 0 spiro atoms. The SMILES string of the molecule is C=CCON1C(=O)N2Cc3nc(C(=O)NCCNC(=O)OC(C)(C)C)sc3C1C2. The van der Waals surface area contributed by atoms with E-state index in [1.165, 1.54) is 16.4 Å². The van der Waals surface area contributed by atoms with Crippen LogP contribution in [0.2, 0.25) is 0 Å². The average Bonchev–Trinajstić information content (AvgIpc) is 3.17. The van der Waals surface area contributed by atoms with Crippen LogP contribution in [-0.2, 0) is 16.1 Å². The Balaban J connectivity index is 1.55. The maximum absolute atomic E-state index is 12.4. The minimum atomic E-state index is -0.576. The highest BCUT2D eigenvalue weighted by Gasteiger charge is 2.46. The van der Waals surface area contributed by atoms with Gasteiger partial charge in [0.2, 0.25) is 0 Å². The molecule has 1 aromatic heterocycles. The van der Waals surface area contributed by atoms with Crippen molar-refractivity contribution in [1.29, 1.82) is 0 Å². The number of alkyl carbamates (subject to hydrolysis) is 1. The molecule has 158 valence electrons. The number of urea groups is 1. The molecule has 1 atom stereocenters. The van der Waals surface area contributed by atoms with Crippen LogP contribution in [-0.4, -0.2) is 64.8 Å². The molecule has 2 bridgehead atoms. The van der Waals surface area contributed by atoms with Crippen LogP contribution >= 0.6 is 11.3 Å². The Hall–Kier alpha value is -2.66. The van der Waals surface area contributed by atoms with Gasteiger partial charge in [0.1, 0.15) is 11.6 Å². The molecule has 0 radical (unpaired) electrons. The molecule has 3 rings (SSSR count). The van der Waals surface area contributed by atoms with Crippen molar-refractivity contribution in [2.24, 2.45) is 0 Å². The zero-order valence-electron chi connectivity index (χ0n) is 16.7. The van der Waals surface area contributed by atoms with Gasteiger partial charge in [0.25, 0.3) is 5.91 Å². The third kappa shape index (κ3) is 4.85. The van der Waals surface area contributed by atoms with E-state index in [0.29, 0.717) is 23.8 Å². The van der Waals surface area contributed by atoms with E-state index in [-0.39, 0.29) is 37.7 Å². The quantitative estimate of drug-likeness (QED) is 0.511. The molecule has 1 saturated heterocycles. The second-order valence-electron chi connectivity index (χ2n) is 7.60. The van der Waals surface area contributed by atoms with Crippen LogP contribution in [0.15, 0.2) is 12.7 Å². The van der Waals surface area contributed by atoms with Gasteiger partial charge in [-0.05, 0) is 20.8 Å². The van der Waals surface area contributed by atoms with Crippen molar-refractivity contribution in [2.75, 3.05) is 26.2 Å². The predicted molar refractivity (Wildman–Crippen MR) is 105 cm³/mol. The summed E-state index contributed by atoms with van der Waals surface area (Å²) in [5, 5.41) is 6.95. The first-order valence-corrected chi connectivity index (χ1v) is 10.1. The number of carbonyl (C=O) groups is 3. The number of fused-ring (bicyclic) bond motifs is 4. The maximum atomic E-state index is 12.4. The summed E-state index contributed by atoms with van der Waals surface area (Å²) in [7, 11) is 0. The van der Waals surface area contributed by atoms with E-state index in [2.05, 4.69) is 22.2 Å². The molecule has 2 aliphatic rings. The molecule has 29 heavy (non-hydrogen) atoms. The third-order valence-electron chi connectivity index (χ3n) is 4.11. The molecule has 0 saturated carbocycles. The van der Waals surface area contributed by atoms with Crippen molar-refractivity contribution in [3.05, 3.63) is 28.2 Å². The summed E-state index contributed by atoms with van der Waals surface area (Å²) >= 11 is 1.25. The van der Waals surface area contributed by atoms with E-state index in [1.807, 2.05) is 0 Å². The van der Waals surface area contributed by atoms with E-state index < -0.39 is 11.7 Å². The lowest BCUT2D eigenvalue weighted by Crippen LogP contribution is -2.37. The smallest absolute Gasteiger partial charge is 0.407 e. The van der Waals surface area contributed by atoms with E-state index in [0.717, 1.165) is 4.88 Å². The number of carbonyl (C=O) groups excluding carboxylic acids is 3. The van der Waals surface area contributed by atoms with Gasteiger partial charge >= 0.3 is 12.1 Å². The van der Waals surface area contributed by atoms with Gasteiger partial charge in [-0.25, -0.2) is 14.6 Å². The van der Waals surface area contributed by atoms with Gasteiger partial charge < -0.3 is 20.3 Å². The van der Waals surface area contributed by atoms with Gasteiger partial charge in [-0.2, -0.15) is 5.06 Å². The van der Waals surface area contributed by atoms with Gasteiger partial charge in [0.15, 0.2) is 5.01 Å². The second kappa shape index (κ2) is 8.37. The lowest BCUT2D eigenvalue weighted by atomic mass is 10.1. The van der Waals surface area contributed by atoms with Crippen molar-refractivity contribution < 1.29 is 24.0 Å². The van der Waals surface area contributed by atoms with Gasteiger partial charge in [-0.1, -0.05) is 6.08 Å². The lowest BCUT2D eigenvalue weighted by Gasteiger charge is -2.21. The first-order valence-electron chi connectivity index (χ1n) is 9.26. The van der Waals surface area contributed by atoms with Crippen molar-refractivity contribution in [2.45, 2.75) is 39.0 Å². The summed E-state index contributed by atoms with van der Waals surface area (Å²) in [4.78, 5) is 48.7. The molecule has 11 heteroatoms. The Morgan fingerprint density at radius 3 is 2.76 bits per heavy atom. The summed E-state index contributed by atoms with van der Waals surface area (Å²) in [6.45, 7) is 10.5. The molecule has 0 aliphatic carbocycles. The fourth-order valence-electron chi connectivity index (χ4n) is 2.98. The molecule has 1 fully saturated rings. The minimum absolute atomic E-state index is 0.207. The molecular weight excluding hydrogens is 398 g/mol. The monoisotopic (exact) mass is 423 g/mol. The second-order valence-corrected chi connectivity index (χ2v) is 8.63. The maximum Gasteiger partial charge on any atom is 0.407 e. The minimum Gasteiger partial charge on any atom is -0.444 e. The number of ether oxygens (including phenoxy) is 1. The Kier molecular flexibility index (Phi) is 6.08. The van der Waals surface area contributed by atoms with E-state index in [4.69, 9.17) is 9.57 Å². The highest BCUT2D eigenvalue weighted by molar-refractivity contribution is 7.13. The summed E-state index contributed by atoms with van der Waals surface area (Å²) in [6.07, 6.45) is 1.04. The Morgan fingerprint density at radius 1 is 1.34 bits per heavy atom. The topological polar surface area (TPSA) is 113 Å². The molecule has 4 amide bonds. The highest BCUT2D eigenvalue weighted by atomic mass is 32.1. The predicted octanol–water partition coefficient (Wildman–Crippen LogP) is 1.81. The molecular formula is C18H25N5O5S. The van der Waals surface area contributed by atoms with Gasteiger partial charge in [-0.15, -0.1) is 17.9 Å². The molecule has 1 unspecified atom stereocenters. The van der Waals surface area contributed by atoms with E-state index >= 15 is 0 Å². The number of amides is 4. The third-order valence-corrected chi connectivity index (χ3v) is 5.31. The fourth-order valence-corrected chi connectivity index (χ4v) is 4.04. The van der Waals surface area contributed by atoms with Crippen LogP contribution in [0.1, 0.15) is 47.2 Å². The number of hydrogen-bond acceptors (Lipinski definition) is 7. The molecule has 1 aromatic rings. The average molecular weight is 423 g/mol. The summed E-state index contributed by atoms with van der Waals surface area (Å²) in [5.74, 6) is -0.328. The summed E-state index contributed by atoms with van der Waals surface area (Å²) < 4.78 is 5.13. The van der Waals surface area contributed by atoms with Crippen LogP contribution in [0, 0.1) is 0 Å². The molecule has 3 heterocycles. The lowest BCUT2D eigenvalue weighted by molar-refractivity contribution is -0.118.